The van der Waals surface area contributed by atoms with E-state index in [4.69, 9.17) is 4.74 Å². The number of rotatable bonds is 4. The molecule has 1 aromatic carbocycles. The molecule has 1 N–H and O–H groups in total. The van der Waals surface area contributed by atoms with E-state index >= 15 is 0 Å². The van der Waals surface area contributed by atoms with Crippen molar-refractivity contribution in [2.24, 2.45) is 0 Å². The Labute approximate surface area is 129 Å². The van der Waals surface area contributed by atoms with Gasteiger partial charge in [0.2, 0.25) is 5.88 Å². The summed E-state index contributed by atoms with van der Waals surface area (Å²) in [5, 5.41) is 2.93. The molecule has 2 amide bonds. The molecule has 0 spiro atoms. The molecule has 1 atom stereocenters. The maximum atomic E-state index is 12.2. The van der Waals surface area contributed by atoms with E-state index in [0.717, 1.165) is 12.0 Å². The predicted molar refractivity (Wildman–Crippen MR) is 81.3 cm³/mol. The van der Waals surface area contributed by atoms with Crippen molar-refractivity contribution in [1.82, 2.24) is 20.2 Å². The summed E-state index contributed by atoms with van der Waals surface area (Å²) in [6, 6.07) is 11.5. The molecule has 6 nitrogen and oxygen atoms in total. The van der Waals surface area contributed by atoms with Crippen molar-refractivity contribution in [2.45, 2.75) is 19.1 Å². The van der Waals surface area contributed by atoms with Gasteiger partial charge in [-0.2, -0.15) is 0 Å². The van der Waals surface area contributed by atoms with E-state index in [-0.39, 0.29) is 12.1 Å². The lowest BCUT2D eigenvalue weighted by molar-refractivity contribution is 0.183. The van der Waals surface area contributed by atoms with Crippen LogP contribution in [0, 0.1) is 0 Å². The number of carbonyl (C=O) groups is 1. The number of likely N-dealkylation sites (tertiary alicyclic amines) is 1. The van der Waals surface area contributed by atoms with E-state index in [1.807, 2.05) is 30.3 Å². The van der Waals surface area contributed by atoms with Crippen LogP contribution < -0.4 is 10.1 Å². The molecule has 0 unspecified atom stereocenters. The zero-order valence-electron chi connectivity index (χ0n) is 12.2. The Kier molecular flexibility index (Phi) is 4.48. The summed E-state index contributed by atoms with van der Waals surface area (Å²) >= 11 is 0. The van der Waals surface area contributed by atoms with Crippen molar-refractivity contribution in [3.8, 4) is 5.88 Å². The molecule has 1 fully saturated rings. The first-order chi connectivity index (χ1) is 10.8. The van der Waals surface area contributed by atoms with Gasteiger partial charge in [0.15, 0.2) is 0 Å². The van der Waals surface area contributed by atoms with Gasteiger partial charge in [-0.05, 0) is 5.56 Å². The molecule has 114 valence electrons. The zero-order valence-corrected chi connectivity index (χ0v) is 12.2. The van der Waals surface area contributed by atoms with Gasteiger partial charge in [-0.1, -0.05) is 30.3 Å². The average Bonchev–Trinajstić information content (AvgIpc) is 3.03. The van der Waals surface area contributed by atoms with Crippen LogP contribution in [0.4, 0.5) is 4.79 Å². The number of urea groups is 1. The zero-order chi connectivity index (χ0) is 15.2. The number of aromatic nitrogens is 2. The van der Waals surface area contributed by atoms with Gasteiger partial charge in [-0.3, -0.25) is 0 Å². The minimum absolute atomic E-state index is 0.0163. The van der Waals surface area contributed by atoms with Crippen molar-refractivity contribution in [1.29, 1.82) is 0 Å². The Morgan fingerprint density at radius 1 is 1.32 bits per heavy atom. The van der Waals surface area contributed by atoms with Gasteiger partial charge in [0.25, 0.3) is 0 Å². The number of nitrogens with one attached hydrogen (secondary N) is 1. The van der Waals surface area contributed by atoms with E-state index in [2.05, 4.69) is 15.3 Å². The van der Waals surface area contributed by atoms with Crippen LogP contribution in [0.15, 0.2) is 48.9 Å². The molecular weight excluding hydrogens is 280 g/mol. The number of amides is 2. The third-order valence-corrected chi connectivity index (χ3v) is 3.56. The van der Waals surface area contributed by atoms with Crippen molar-refractivity contribution in [3.63, 3.8) is 0 Å². The number of ether oxygens (including phenoxy) is 1. The molecule has 1 aliphatic rings. The third kappa shape index (κ3) is 3.72. The second-order valence-electron chi connectivity index (χ2n) is 5.17. The first-order valence-electron chi connectivity index (χ1n) is 7.30. The molecule has 2 aromatic rings. The second kappa shape index (κ2) is 6.89. The Morgan fingerprint density at radius 3 is 2.95 bits per heavy atom. The predicted octanol–water partition coefficient (Wildman–Crippen LogP) is 1.84. The Hall–Kier alpha value is -2.63. The Balaban J connectivity index is 1.46. The fraction of sp³-hybridized carbons (Fsp3) is 0.312. The maximum absolute atomic E-state index is 12.2. The van der Waals surface area contributed by atoms with E-state index in [0.29, 0.717) is 25.5 Å². The van der Waals surface area contributed by atoms with Gasteiger partial charge >= 0.3 is 6.03 Å². The molecule has 0 bridgehead atoms. The van der Waals surface area contributed by atoms with E-state index in [1.165, 1.54) is 6.33 Å². The van der Waals surface area contributed by atoms with Crippen LogP contribution in [0.25, 0.3) is 0 Å². The van der Waals surface area contributed by atoms with Crippen molar-refractivity contribution >= 4 is 6.03 Å². The Morgan fingerprint density at radius 2 is 2.18 bits per heavy atom. The highest BCUT2D eigenvalue weighted by molar-refractivity contribution is 5.74. The molecule has 6 heteroatoms. The molecule has 0 saturated carbocycles. The fourth-order valence-electron chi connectivity index (χ4n) is 2.41. The van der Waals surface area contributed by atoms with Crippen molar-refractivity contribution in [3.05, 3.63) is 54.5 Å². The van der Waals surface area contributed by atoms with Gasteiger partial charge in [-0.25, -0.2) is 14.8 Å². The Bertz CT molecular complexity index is 606. The largest absolute Gasteiger partial charge is 0.472 e. The minimum atomic E-state index is -0.0577. The summed E-state index contributed by atoms with van der Waals surface area (Å²) in [6.45, 7) is 1.80. The molecule has 1 saturated heterocycles. The van der Waals surface area contributed by atoms with Crippen LogP contribution in [0.5, 0.6) is 5.88 Å². The summed E-state index contributed by atoms with van der Waals surface area (Å²) in [5.74, 6) is 0.548. The average molecular weight is 298 g/mol. The van der Waals surface area contributed by atoms with Crippen LogP contribution in [0.1, 0.15) is 12.0 Å². The van der Waals surface area contributed by atoms with E-state index < -0.39 is 0 Å². The second-order valence-corrected chi connectivity index (χ2v) is 5.17. The van der Waals surface area contributed by atoms with Crippen LogP contribution in [-0.4, -0.2) is 40.1 Å². The van der Waals surface area contributed by atoms with Gasteiger partial charge in [0, 0.05) is 31.8 Å². The number of nitrogens with zero attached hydrogens (tertiary/aromatic N) is 3. The summed E-state index contributed by atoms with van der Waals surface area (Å²) in [5.41, 5.74) is 1.09. The lowest BCUT2D eigenvalue weighted by Gasteiger charge is -2.17. The summed E-state index contributed by atoms with van der Waals surface area (Å²) in [4.78, 5) is 21.8. The smallest absolute Gasteiger partial charge is 0.317 e. The quantitative estimate of drug-likeness (QED) is 0.935. The molecule has 1 aliphatic heterocycles. The SMILES string of the molecule is O=C(NCc1ccccc1)N1CC[C@@H](Oc2ccncn2)C1. The molecule has 22 heavy (non-hydrogen) atoms. The minimum Gasteiger partial charge on any atom is -0.472 e. The van der Waals surface area contributed by atoms with Gasteiger partial charge in [-0.15, -0.1) is 0 Å². The number of benzene rings is 1. The summed E-state index contributed by atoms with van der Waals surface area (Å²) < 4.78 is 5.75. The van der Waals surface area contributed by atoms with E-state index in [9.17, 15) is 4.79 Å². The molecule has 0 aliphatic carbocycles. The van der Waals surface area contributed by atoms with Gasteiger partial charge < -0.3 is 15.0 Å². The highest BCUT2D eigenvalue weighted by Gasteiger charge is 2.27. The summed E-state index contributed by atoms with van der Waals surface area (Å²) in [6.07, 6.45) is 3.89. The highest BCUT2D eigenvalue weighted by atomic mass is 16.5. The maximum Gasteiger partial charge on any atom is 0.317 e. The van der Waals surface area contributed by atoms with Crippen LogP contribution in [0.2, 0.25) is 0 Å². The highest BCUT2D eigenvalue weighted by Crippen LogP contribution is 2.15. The van der Waals surface area contributed by atoms with Gasteiger partial charge in [0.05, 0.1) is 6.54 Å². The van der Waals surface area contributed by atoms with Crippen molar-refractivity contribution < 1.29 is 9.53 Å². The summed E-state index contributed by atoms with van der Waals surface area (Å²) in [7, 11) is 0. The third-order valence-electron chi connectivity index (χ3n) is 3.56. The van der Waals surface area contributed by atoms with E-state index in [1.54, 1.807) is 17.2 Å². The van der Waals surface area contributed by atoms with Crippen LogP contribution >= 0.6 is 0 Å². The number of hydrogen-bond acceptors (Lipinski definition) is 4. The lowest BCUT2D eigenvalue weighted by atomic mass is 10.2. The molecule has 3 rings (SSSR count). The fourth-order valence-corrected chi connectivity index (χ4v) is 2.41. The monoisotopic (exact) mass is 298 g/mol. The number of hydrogen-bond donors (Lipinski definition) is 1. The first kappa shape index (κ1) is 14.3. The van der Waals surface area contributed by atoms with Crippen molar-refractivity contribution in [2.75, 3.05) is 13.1 Å². The van der Waals surface area contributed by atoms with Crippen LogP contribution in [0.3, 0.4) is 0 Å². The lowest BCUT2D eigenvalue weighted by Crippen LogP contribution is -2.39. The standard InChI is InChI=1S/C16H18N4O2/c21-16(18-10-13-4-2-1-3-5-13)20-9-7-14(11-20)22-15-6-8-17-12-19-15/h1-6,8,12,14H,7,9-11H2,(H,18,21)/t14-/m1/s1. The normalized spacial score (nSPS) is 17.3. The molecule has 2 heterocycles. The first-order valence-corrected chi connectivity index (χ1v) is 7.30. The topological polar surface area (TPSA) is 67.4 Å². The molecular formula is C16H18N4O2. The van der Waals surface area contributed by atoms with Crippen LogP contribution in [-0.2, 0) is 6.54 Å². The van der Waals surface area contributed by atoms with Gasteiger partial charge in [0.1, 0.15) is 12.4 Å². The molecule has 1 aromatic heterocycles. The number of carbonyl (C=O) groups excluding carboxylic acids is 1. The molecule has 0 radical (unpaired) electrons.